The molecule has 0 spiro atoms. The van der Waals surface area contributed by atoms with Gasteiger partial charge in [0.2, 0.25) is 0 Å². The third-order valence-electron chi connectivity index (χ3n) is 3.63. The molecular formula is C20H23ClN2O3. The lowest BCUT2D eigenvalue weighted by molar-refractivity contribution is 0.0955. The third-order valence-corrected chi connectivity index (χ3v) is 3.88. The number of carbonyl (C=O) groups excluding carboxylic acids is 1. The topological polar surface area (TPSA) is 59.9 Å². The van der Waals surface area contributed by atoms with Crippen LogP contribution in [-0.4, -0.2) is 25.8 Å². The Hall–Kier alpha value is -2.53. The van der Waals surface area contributed by atoms with Gasteiger partial charge >= 0.3 is 0 Å². The second-order valence-corrected chi connectivity index (χ2v) is 6.58. The van der Waals surface area contributed by atoms with Gasteiger partial charge in [-0.1, -0.05) is 25.4 Å². The fraction of sp³-hybridized carbons (Fsp3) is 0.300. The van der Waals surface area contributed by atoms with Gasteiger partial charge in [-0.2, -0.15) is 5.10 Å². The van der Waals surface area contributed by atoms with Gasteiger partial charge in [0.05, 0.1) is 19.9 Å². The molecule has 1 amide bonds. The third kappa shape index (κ3) is 6.08. The van der Waals surface area contributed by atoms with Crippen molar-refractivity contribution in [3.63, 3.8) is 0 Å². The minimum absolute atomic E-state index is 0.307. The number of methoxy groups -OCH3 is 1. The van der Waals surface area contributed by atoms with E-state index in [9.17, 15) is 4.79 Å². The molecule has 138 valence electrons. The first-order chi connectivity index (χ1) is 12.5. The summed E-state index contributed by atoms with van der Waals surface area (Å²) in [5.41, 5.74) is 3.75. The summed E-state index contributed by atoms with van der Waals surface area (Å²) >= 11 is 5.81. The highest BCUT2D eigenvalue weighted by Crippen LogP contribution is 2.27. The van der Waals surface area contributed by atoms with Crippen LogP contribution in [0.1, 0.15) is 36.2 Å². The first-order valence-corrected chi connectivity index (χ1v) is 8.77. The molecule has 0 saturated carbocycles. The first kappa shape index (κ1) is 19.8. The molecule has 26 heavy (non-hydrogen) atoms. The van der Waals surface area contributed by atoms with Crippen molar-refractivity contribution in [3.05, 3.63) is 58.6 Å². The van der Waals surface area contributed by atoms with Crippen LogP contribution in [0.5, 0.6) is 11.5 Å². The number of amides is 1. The van der Waals surface area contributed by atoms with Crippen molar-refractivity contribution in [1.29, 1.82) is 0 Å². The number of hydrazone groups is 1. The fourth-order valence-corrected chi connectivity index (χ4v) is 2.25. The molecule has 0 fully saturated rings. The Morgan fingerprint density at radius 3 is 2.58 bits per heavy atom. The van der Waals surface area contributed by atoms with E-state index >= 15 is 0 Å². The molecule has 0 aromatic heterocycles. The Bertz CT molecular complexity index is 758. The quantitative estimate of drug-likeness (QED) is 0.545. The molecule has 0 aliphatic heterocycles. The highest BCUT2D eigenvalue weighted by atomic mass is 35.5. The van der Waals surface area contributed by atoms with E-state index in [-0.39, 0.29) is 5.91 Å². The monoisotopic (exact) mass is 374 g/mol. The maximum absolute atomic E-state index is 12.0. The van der Waals surface area contributed by atoms with Crippen molar-refractivity contribution in [2.24, 2.45) is 11.0 Å². The lowest BCUT2D eigenvalue weighted by Gasteiger charge is -2.12. The van der Waals surface area contributed by atoms with Crippen LogP contribution in [0.2, 0.25) is 5.02 Å². The Balaban J connectivity index is 1.96. The van der Waals surface area contributed by atoms with Gasteiger partial charge in [0.15, 0.2) is 11.5 Å². The fourth-order valence-electron chi connectivity index (χ4n) is 2.12. The van der Waals surface area contributed by atoms with E-state index < -0.39 is 0 Å². The number of rotatable bonds is 8. The predicted molar refractivity (Wildman–Crippen MR) is 104 cm³/mol. The van der Waals surface area contributed by atoms with Crippen LogP contribution in [-0.2, 0) is 0 Å². The molecular weight excluding hydrogens is 352 g/mol. The molecule has 0 aliphatic rings. The summed E-state index contributed by atoms with van der Waals surface area (Å²) in [5, 5.41) is 4.55. The average Bonchev–Trinajstić information content (AvgIpc) is 2.62. The van der Waals surface area contributed by atoms with Gasteiger partial charge < -0.3 is 9.47 Å². The predicted octanol–water partition coefficient (Wildman–Crippen LogP) is 4.54. The number of benzene rings is 2. The Labute approximate surface area is 159 Å². The largest absolute Gasteiger partial charge is 0.493 e. The van der Waals surface area contributed by atoms with Gasteiger partial charge in [-0.15, -0.1) is 0 Å². The van der Waals surface area contributed by atoms with E-state index in [0.717, 1.165) is 12.0 Å². The summed E-state index contributed by atoms with van der Waals surface area (Å²) in [5.74, 6) is 1.59. The average molecular weight is 375 g/mol. The maximum atomic E-state index is 12.0. The number of nitrogens with zero attached hydrogens (tertiary/aromatic N) is 1. The van der Waals surface area contributed by atoms with Crippen molar-refractivity contribution in [1.82, 2.24) is 5.43 Å². The summed E-state index contributed by atoms with van der Waals surface area (Å²) in [6.45, 7) is 4.94. The highest BCUT2D eigenvalue weighted by Gasteiger charge is 2.06. The molecule has 2 aromatic carbocycles. The van der Waals surface area contributed by atoms with Crippen LogP contribution in [0.3, 0.4) is 0 Å². The molecule has 0 aliphatic carbocycles. The molecule has 5 nitrogen and oxygen atoms in total. The maximum Gasteiger partial charge on any atom is 0.271 e. The molecule has 2 rings (SSSR count). The van der Waals surface area contributed by atoms with E-state index in [4.69, 9.17) is 21.1 Å². The second-order valence-electron chi connectivity index (χ2n) is 6.15. The summed E-state index contributed by atoms with van der Waals surface area (Å²) in [6, 6.07) is 12.1. The number of hydrogen-bond acceptors (Lipinski definition) is 4. The van der Waals surface area contributed by atoms with Crippen LogP contribution in [0.25, 0.3) is 0 Å². The van der Waals surface area contributed by atoms with Gasteiger partial charge in [0.1, 0.15) is 0 Å². The number of halogens is 1. The van der Waals surface area contributed by atoms with Crippen LogP contribution in [0, 0.1) is 5.92 Å². The lowest BCUT2D eigenvalue weighted by Crippen LogP contribution is -2.17. The van der Waals surface area contributed by atoms with Gasteiger partial charge in [0.25, 0.3) is 5.91 Å². The van der Waals surface area contributed by atoms with E-state index in [1.807, 2.05) is 18.2 Å². The molecule has 0 unspecified atom stereocenters. The van der Waals surface area contributed by atoms with Gasteiger partial charge in [-0.05, 0) is 60.4 Å². The Morgan fingerprint density at radius 2 is 1.92 bits per heavy atom. The van der Waals surface area contributed by atoms with E-state index in [1.165, 1.54) is 0 Å². The minimum atomic E-state index is -0.307. The molecule has 0 bridgehead atoms. The van der Waals surface area contributed by atoms with Gasteiger partial charge in [-0.3, -0.25) is 4.79 Å². The Morgan fingerprint density at radius 1 is 1.19 bits per heavy atom. The van der Waals surface area contributed by atoms with Crippen LogP contribution >= 0.6 is 11.6 Å². The van der Waals surface area contributed by atoms with Crippen molar-refractivity contribution >= 4 is 23.7 Å². The van der Waals surface area contributed by atoms with Crippen LogP contribution in [0.4, 0.5) is 0 Å². The molecule has 1 N–H and O–H groups in total. The first-order valence-electron chi connectivity index (χ1n) is 8.39. The van der Waals surface area contributed by atoms with Crippen molar-refractivity contribution in [2.45, 2.75) is 20.3 Å². The van der Waals surface area contributed by atoms with Crippen molar-refractivity contribution in [3.8, 4) is 11.5 Å². The number of hydrogen-bond donors (Lipinski definition) is 1. The molecule has 0 saturated heterocycles. The van der Waals surface area contributed by atoms with Crippen molar-refractivity contribution < 1.29 is 14.3 Å². The van der Waals surface area contributed by atoms with Gasteiger partial charge in [-0.25, -0.2) is 5.43 Å². The molecule has 2 aromatic rings. The smallest absolute Gasteiger partial charge is 0.271 e. The summed E-state index contributed by atoms with van der Waals surface area (Å²) in [4.78, 5) is 12.0. The molecule has 0 atom stereocenters. The summed E-state index contributed by atoms with van der Waals surface area (Å²) in [6.07, 6.45) is 2.53. The zero-order valence-corrected chi connectivity index (χ0v) is 15.9. The molecule has 0 radical (unpaired) electrons. The van der Waals surface area contributed by atoms with Gasteiger partial charge in [0, 0.05) is 10.6 Å². The van der Waals surface area contributed by atoms with Crippen LogP contribution < -0.4 is 14.9 Å². The second kappa shape index (κ2) is 9.82. The highest BCUT2D eigenvalue weighted by molar-refractivity contribution is 6.30. The molecule has 6 heteroatoms. The number of nitrogens with one attached hydrogen (secondary N) is 1. The number of ether oxygens (including phenoxy) is 2. The number of carbonyl (C=O) groups is 1. The van der Waals surface area contributed by atoms with Crippen LogP contribution in [0.15, 0.2) is 47.6 Å². The zero-order valence-electron chi connectivity index (χ0n) is 15.2. The van der Waals surface area contributed by atoms with Crippen molar-refractivity contribution in [2.75, 3.05) is 13.7 Å². The van der Waals surface area contributed by atoms with E-state index in [0.29, 0.717) is 34.6 Å². The van der Waals surface area contributed by atoms with E-state index in [2.05, 4.69) is 24.4 Å². The van der Waals surface area contributed by atoms with E-state index in [1.54, 1.807) is 37.6 Å². The standard InChI is InChI=1S/C20H23ClN2O3/c1-14(2)10-11-26-18-9-4-15(12-19(18)25-3)13-22-23-20(24)16-5-7-17(21)8-6-16/h4-9,12-14H,10-11H2,1-3H3,(H,23,24)/b22-13-. The summed E-state index contributed by atoms with van der Waals surface area (Å²) < 4.78 is 11.1. The minimum Gasteiger partial charge on any atom is -0.493 e. The SMILES string of the molecule is COc1cc(/C=N\NC(=O)c2ccc(Cl)cc2)ccc1OCCC(C)C. The zero-order chi connectivity index (χ0) is 18.9. The normalized spacial score (nSPS) is 11.0. The lowest BCUT2D eigenvalue weighted by atomic mass is 10.1. The summed E-state index contributed by atoms with van der Waals surface area (Å²) in [7, 11) is 1.59. The Kier molecular flexibility index (Phi) is 7.48. The molecule has 0 heterocycles.